The molecule has 2 heterocycles. The first-order chi connectivity index (χ1) is 22.9. The van der Waals surface area contributed by atoms with Crippen molar-refractivity contribution in [1.29, 1.82) is 0 Å². The van der Waals surface area contributed by atoms with Crippen LogP contribution in [0.25, 0.3) is 11.3 Å². The highest BCUT2D eigenvalue weighted by atomic mass is 15.0. The molecule has 1 spiro atoms. The zero-order valence-electron chi connectivity index (χ0n) is 25.9. The van der Waals surface area contributed by atoms with Crippen molar-refractivity contribution in [1.82, 2.24) is 0 Å². The van der Waals surface area contributed by atoms with E-state index in [9.17, 15) is 0 Å². The van der Waals surface area contributed by atoms with E-state index in [0.717, 1.165) is 12.1 Å². The van der Waals surface area contributed by atoms with E-state index in [4.69, 9.17) is 6.42 Å². The Kier molecular flexibility index (Phi) is 13.1. The van der Waals surface area contributed by atoms with Crippen LogP contribution in [-0.2, 0) is 12.0 Å². The zero-order chi connectivity index (χ0) is 32.9. The lowest BCUT2D eigenvalue weighted by molar-refractivity contribution is -0.672. The summed E-state index contributed by atoms with van der Waals surface area (Å²) in [4.78, 5) is 0. The lowest BCUT2D eigenvalue weighted by Gasteiger charge is -2.25. The Morgan fingerprint density at radius 3 is 1.59 bits per heavy atom. The molecule has 0 saturated heterocycles. The second-order valence-corrected chi connectivity index (χ2v) is 8.38. The summed E-state index contributed by atoms with van der Waals surface area (Å²) in [5.41, 5.74) is 7.19. The molecule has 0 radical (unpaired) electrons. The van der Waals surface area contributed by atoms with Gasteiger partial charge in [-0.1, -0.05) is 64.0 Å². The van der Waals surface area contributed by atoms with Crippen molar-refractivity contribution in [2.45, 2.75) is 39.7 Å². The standard InChI is InChI=1S/C41H12N.2C2H6/c1-2-3-4-5-6-7-8-9-10-11-12-13-14-15-16-17-18-19-20-21-22-23-28-36-29-25-32-41(36)37-30-24-27-35-34-42-33-26-31-38(41)40(42)39(35)37;2*1-2/h1,24-27,29-33H,34H2;2*1-2H3/q+1;;. The first-order valence-corrected chi connectivity index (χ1v) is 14.4. The smallest absolute Gasteiger partial charge is 0.194 e. The molecular formula is C45H24N+. The van der Waals surface area contributed by atoms with Crippen LogP contribution in [0.3, 0.4) is 0 Å². The third kappa shape index (κ3) is 7.69. The first-order valence-electron chi connectivity index (χ1n) is 14.4. The minimum absolute atomic E-state index is 0.361. The molecule has 1 aromatic carbocycles. The van der Waals surface area contributed by atoms with E-state index in [1.165, 1.54) is 27.9 Å². The van der Waals surface area contributed by atoms with Gasteiger partial charge in [0.25, 0.3) is 0 Å². The Labute approximate surface area is 274 Å². The van der Waals surface area contributed by atoms with E-state index in [-0.39, 0.29) is 5.41 Å². The predicted molar refractivity (Wildman–Crippen MR) is 186 cm³/mol. The number of aromatic nitrogens is 1. The fourth-order valence-corrected chi connectivity index (χ4v) is 4.80. The molecule has 1 nitrogen and oxygen atoms in total. The van der Waals surface area contributed by atoms with E-state index < -0.39 is 0 Å². The number of nitrogens with zero attached hydrogens (tertiary/aromatic N) is 1. The molecule has 46 heavy (non-hydrogen) atoms. The van der Waals surface area contributed by atoms with E-state index in [2.05, 4.69) is 195 Å². The Morgan fingerprint density at radius 1 is 0.587 bits per heavy atom. The van der Waals surface area contributed by atoms with Gasteiger partial charge in [0.1, 0.15) is 0 Å². The van der Waals surface area contributed by atoms with Gasteiger partial charge < -0.3 is 0 Å². The predicted octanol–water partition coefficient (Wildman–Crippen LogP) is 4.82. The first kappa shape index (κ1) is 33.1. The van der Waals surface area contributed by atoms with Crippen LogP contribution in [0, 0.1) is 143 Å². The molecule has 1 unspecified atom stereocenters. The molecule has 1 heteroatoms. The number of hydrogen-bond acceptors (Lipinski definition) is 0. The Balaban J connectivity index is 0.00000139. The van der Waals surface area contributed by atoms with Gasteiger partial charge in [0.05, 0.1) is 11.0 Å². The van der Waals surface area contributed by atoms with Crippen molar-refractivity contribution in [3.05, 3.63) is 77.0 Å². The fraction of sp³-hybridized carbons (Fsp3) is 0.133. The maximum atomic E-state index is 4.96. The largest absolute Gasteiger partial charge is 0.218 e. The molecule has 1 atom stereocenters. The topological polar surface area (TPSA) is 3.88 Å². The average Bonchev–Trinajstić information content (AvgIpc) is 3.79. The van der Waals surface area contributed by atoms with Crippen LogP contribution in [0.1, 0.15) is 44.4 Å². The van der Waals surface area contributed by atoms with Gasteiger partial charge in [0.2, 0.25) is 5.69 Å². The SMILES string of the molecule is C#CC#CC#CC#CC#CC#CC#CC#CC#CC#CC#CC#CC1=CC=CC12c1cccc3c1-c1c2ccc[n+]1C3.CC.CC. The summed E-state index contributed by atoms with van der Waals surface area (Å²) in [6.45, 7) is 8.91. The third-order valence-electron chi connectivity index (χ3n) is 6.20. The number of allylic oxidation sites excluding steroid dienone is 4. The summed E-state index contributed by atoms with van der Waals surface area (Å²) in [5, 5.41) is 0. The van der Waals surface area contributed by atoms with Crippen molar-refractivity contribution in [3.63, 3.8) is 0 Å². The summed E-state index contributed by atoms with van der Waals surface area (Å²) in [6.07, 6.45) is 13.5. The number of rotatable bonds is 0. The summed E-state index contributed by atoms with van der Waals surface area (Å²) < 4.78 is 2.32. The zero-order valence-corrected chi connectivity index (χ0v) is 25.9. The molecule has 208 valence electrons. The highest BCUT2D eigenvalue weighted by Gasteiger charge is 2.52. The molecule has 2 aliphatic carbocycles. The number of hydrogen-bond donors (Lipinski definition) is 0. The van der Waals surface area contributed by atoms with E-state index >= 15 is 0 Å². The molecule has 0 bridgehead atoms. The quantitative estimate of drug-likeness (QED) is 0.266. The molecule has 0 N–H and O–H groups in total. The average molecular weight is 579 g/mol. The molecule has 0 saturated carbocycles. The van der Waals surface area contributed by atoms with Crippen LogP contribution < -0.4 is 4.57 Å². The summed E-state index contributed by atoms with van der Waals surface area (Å²) >= 11 is 0. The van der Waals surface area contributed by atoms with Crippen molar-refractivity contribution in [3.8, 4) is 154 Å². The molecule has 1 aliphatic heterocycles. The van der Waals surface area contributed by atoms with Crippen molar-refractivity contribution >= 4 is 0 Å². The van der Waals surface area contributed by atoms with Crippen LogP contribution in [0.2, 0.25) is 0 Å². The van der Waals surface area contributed by atoms with Crippen LogP contribution in [0.5, 0.6) is 0 Å². The molecule has 3 aliphatic rings. The van der Waals surface area contributed by atoms with Gasteiger partial charge in [0.15, 0.2) is 12.7 Å². The number of terminal acetylenes is 1. The summed E-state index contributed by atoms with van der Waals surface area (Å²) in [6, 6.07) is 10.9. The maximum Gasteiger partial charge on any atom is 0.218 e. The van der Waals surface area contributed by atoms with Gasteiger partial charge in [-0.15, -0.1) is 6.42 Å². The van der Waals surface area contributed by atoms with Gasteiger partial charge in [0, 0.05) is 58.3 Å². The minimum atomic E-state index is -0.361. The minimum Gasteiger partial charge on any atom is -0.194 e. The second kappa shape index (κ2) is 18.2. The molecule has 5 rings (SSSR count). The molecule has 1 aromatic heterocycles. The van der Waals surface area contributed by atoms with Gasteiger partial charge in [-0.25, -0.2) is 0 Å². The van der Waals surface area contributed by atoms with Gasteiger partial charge >= 0.3 is 0 Å². The van der Waals surface area contributed by atoms with Crippen molar-refractivity contribution < 1.29 is 4.57 Å². The molecule has 0 fully saturated rings. The normalized spacial score (nSPS) is 12.2. The van der Waals surface area contributed by atoms with Crippen LogP contribution in [0.15, 0.2) is 60.3 Å². The molecular weight excluding hydrogens is 555 g/mol. The lowest BCUT2D eigenvalue weighted by Crippen LogP contribution is -2.34. The Bertz CT molecular complexity index is 2340. The Hall–Kier alpha value is -7.43. The third-order valence-corrected chi connectivity index (χ3v) is 6.20. The molecule has 0 amide bonds. The van der Waals surface area contributed by atoms with E-state index in [1.807, 2.05) is 27.7 Å². The Morgan fingerprint density at radius 2 is 1.07 bits per heavy atom. The summed E-state index contributed by atoms with van der Waals surface area (Å²) in [7, 11) is 0. The fourth-order valence-electron chi connectivity index (χ4n) is 4.80. The lowest BCUT2D eigenvalue weighted by atomic mass is 9.74. The second-order valence-electron chi connectivity index (χ2n) is 8.38. The number of pyridine rings is 1. The summed E-state index contributed by atoms with van der Waals surface area (Å²) in [5.74, 6) is 59.4. The maximum absolute atomic E-state index is 4.96. The highest BCUT2D eigenvalue weighted by molar-refractivity contribution is 5.86. The van der Waals surface area contributed by atoms with Crippen LogP contribution in [0.4, 0.5) is 0 Å². The van der Waals surface area contributed by atoms with E-state index in [1.54, 1.807) is 0 Å². The van der Waals surface area contributed by atoms with Gasteiger partial charge in [-0.3, -0.25) is 0 Å². The van der Waals surface area contributed by atoms with Gasteiger partial charge in [-0.05, 0) is 112 Å². The monoisotopic (exact) mass is 578 g/mol. The van der Waals surface area contributed by atoms with Crippen LogP contribution in [-0.4, -0.2) is 0 Å². The van der Waals surface area contributed by atoms with E-state index in [0.29, 0.717) is 0 Å². The van der Waals surface area contributed by atoms with Gasteiger partial charge in [-0.2, -0.15) is 4.57 Å². The molecule has 2 aromatic rings. The van der Waals surface area contributed by atoms with Crippen molar-refractivity contribution in [2.24, 2.45) is 0 Å². The number of fused-ring (bicyclic) bond motifs is 2. The number of benzene rings is 1. The van der Waals surface area contributed by atoms with Crippen LogP contribution >= 0.6 is 0 Å². The van der Waals surface area contributed by atoms with Crippen molar-refractivity contribution in [2.75, 3.05) is 0 Å². The highest BCUT2D eigenvalue weighted by Crippen LogP contribution is 2.56.